The Morgan fingerprint density at radius 2 is 1.62 bits per heavy atom. The molecule has 1 N–H and O–H groups in total. The summed E-state index contributed by atoms with van der Waals surface area (Å²) in [5.74, 6) is 0.811. The number of halogens is 1. The molecule has 3 aromatic rings. The third-order valence-corrected chi connectivity index (χ3v) is 4.66. The maximum atomic E-state index is 6.29. The molecule has 1 atom stereocenters. The van der Waals surface area contributed by atoms with Crippen LogP contribution < -0.4 is 5.32 Å². The molecule has 0 fully saturated rings. The summed E-state index contributed by atoms with van der Waals surface area (Å²) in [5.41, 5.74) is 4.98. The molecule has 0 amide bonds. The number of benzene rings is 3. The quantitative estimate of drug-likeness (QED) is 0.655. The monoisotopic (exact) mass is 359 g/mol. The number of rotatable bonds is 2. The number of amidine groups is 1. The molecule has 1 unspecified atom stereocenters. The maximum Gasteiger partial charge on any atom is 0.133 e. The van der Waals surface area contributed by atoms with Crippen molar-refractivity contribution in [2.24, 2.45) is 9.98 Å². The molecule has 4 rings (SSSR count). The average molecular weight is 360 g/mol. The van der Waals surface area contributed by atoms with Crippen LogP contribution in [0.5, 0.6) is 0 Å². The minimum Gasteiger partial charge on any atom is -0.341 e. The summed E-state index contributed by atoms with van der Waals surface area (Å²) in [6, 6.07) is 26.0. The van der Waals surface area contributed by atoms with Crippen molar-refractivity contribution in [1.82, 2.24) is 0 Å². The summed E-state index contributed by atoms with van der Waals surface area (Å²) >= 11 is 6.29. The number of hydrogen-bond acceptors (Lipinski definition) is 2. The van der Waals surface area contributed by atoms with Crippen molar-refractivity contribution in [2.45, 2.75) is 6.04 Å². The van der Waals surface area contributed by atoms with Crippen LogP contribution in [0.4, 0.5) is 5.69 Å². The highest BCUT2D eigenvalue weighted by atomic mass is 35.5. The van der Waals surface area contributed by atoms with Crippen LogP contribution in [0.3, 0.4) is 0 Å². The Hall–Kier alpha value is -2.91. The third kappa shape index (κ3) is 3.14. The lowest BCUT2D eigenvalue weighted by atomic mass is 10.0. The Balaban J connectivity index is 1.97. The minimum atomic E-state index is -0.206. The molecule has 0 aromatic heterocycles. The molecule has 3 aromatic carbocycles. The molecular weight excluding hydrogens is 342 g/mol. The lowest BCUT2D eigenvalue weighted by molar-refractivity contribution is 0.956. The largest absolute Gasteiger partial charge is 0.341 e. The van der Waals surface area contributed by atoms with E-state index < -0.39 is 0 Å². The maximum absolute atomic E-state index is 6.29. The van der Waals surface area contributed by atoms with Gasteiger partial charge in [0.15, 0.2) is 0 Å². The van der Waals surface area contributed by atoms with Gasteiger partial charge in [-0.05, 0) is 23.8 Å². The molecule has 1 heterocycles. The average Bonchev–Trinajstić information content (AvgIpc) is 2.86. The van der Waals surface area contributed by atoms with Gasteiger partial charge in [-0.15, -0.1) is 0 Å². The number of nitrogens with one attached hydrogen (secondary N) is 1. The molecule has 0 bridgehead atoms. The van der Waals surface area contributed by atoms with Gasteiger partial charge in [0.25, 0.3) is 0 Å². The number of benzodiazepines with no additional fused rings is 1. The Morgan fingerprint density at radius 1 is 0.923 bits per heavy atom. The van der Waals surface area contributed by atoms with Gasteiger partial charge in [-0.3, -0.25) is 9.98 Å². The number of anilines is 1. The first-order chi connectivity index (χ1) is 12.8. The highest BCUT2D eigenvalue weighted by Crippen LogP contribution is 2.32. The van der Waals surface area contributed by atoms with Crippen molar-refractivity contribution in [1.29, 1.82) is 0 Å². The van der Waals surface area contributed by atoms with E-state index in [4.69, 9.17) is 16.6 Å². The number of aliphatic imine (C=N–C) groups is 2. The highest BCUT2D eigenvalue weighted by molar-refractivity contribution is 6.32. The molecule has 0 radical (unpaired) electrons. The second-order valence-electron chi connectivity index (χ2n) is 6.08. The van der Waals surface area contributed by atoms with Crippen LogP contribution in [0, 0.1) is 0 Å². The van der Waals surface area contributed by atoms with Gasteiger partial charge in [0.05, 0.1) is 5.71 Å². The van der Waals surface area contributed by atoms with Gasteiger partial charge in [0.2, 0.25) is 0 Å². The molecular formula is C22H18ClN3. The molecule has 0 spiro atoms. The van der Waals surface area contributed by atoms with E-state index >= 15 is 0 Å². The highest BCUT2D eigenvalue weighted by Gasteiger charge is 2.25. The predicted molar refractivity (Wildman–Crippen MR) is 110 cm³/mol. The van der Waals surface area contributed by atoms with Crippen molar-refractivity contribution in [3.63, 3.8) is 0 Å². The van der Waals surface area contributed by atoms with Gasteiger partial charge in [-0.2, -0.15) is 0 Å². The molecule has 4 heteroatoms. The third-order valence-electron chi connectivity index (χ3n) is 4.42. The molecule has 1 aliphatic heterocycles. The van der Waals surface area contributed by atoms with E-state index in [2.05, 4.69) is 34.6 Å². The normalized spacial score (nSPS) is 17.8. The standard InChI is InChI=1S/C22H18ClN3/c1-24-22-21(16-10-6-3-7-11-16)26-20(15-8-4-2-5-9-15)18-14-17(23)12-13-19(18)25-22/h2-14,21H,1H3,(H,24,25). The zero-order chi connectivity index (χ0) is 17.9. The van der Waals surface area contributed by atoms with Crippen LogP contribution in [0.15, 0.2) is 88.8 Å². The molecule has 3 nitrogen and oxygen atoms in total. The summed E-state index contributed by atoms with van der Waals surface area (Å²) in [6.07, 6.45) is 0. The SMILES string of the molecule is CN=C1Nc2ccc(Cl)cc2C(c2ccccc2)=NC1c1ccccc1. The molecule has 0 saturated heterocycles. The first-order valence-electron chi connectivity index (χ1n) is 8.48. The lowest BCUT2D eigenvalue weighted by Crippen LogP contribution is -2.19. The van der Waals surface area contributed by atoms with Gasteiger partial charge >= 0.3 is 0 Å². The smallest absolute Gasteiger partial charge is 0.133 e. The van der Waals surface area contributed by atoms with Crippen LogP contribution in [-0.2, 0) is 0 Å². The van der Waals surface area contributed by atoms with Gasteiger partial charge in [-0.25, -0.2) is 0 Å². The van der Waals surface area contributed by atoms with Crippen LogP contribution in [-0.4, -0.2) is 18.6 Å². The van der Waals surface area contributed by atoms with Crippen LogP contribution in [0.2, 0.25) is 5.02 Å². The topological polar surface area (TPSA) is 36.8 Å². The number of fused-ring (bicyclic) bond motifs is 1. The fourth-order valence-corrected chi connectivity index (χ4v) is 3.33. The van der Waals surface area contributed by atoms with Crippen molar-refractivity contribution < 1.29 is 0 Å². The Bertz CT molecular complexity index is 979. The summed E-state index contributed by atoms with van der Waals surface area (Å²) in [7, 11) is 1.79. The summed E-state index contributed by atoms with van der Waals surface area (Å²) in [5, 5.41) is 4.14. The minimum absolute atomic E-state index is 0.206. The summed E-state index contributed by atoms with van der Waals surface area (Å²) in [4.78, 5) is 9.60. The molecule has 128 valence electrons. The lowest BCUT2D eigenvalue weighted by Gasteiger charge is -2.15. The first-order valence-corrected chi connectivity index (χ1v) is 8.86. The first kappa shape index (κ1) is 16.6. The fraction of sp³-hybridized carbons (Fsp3) is 0.0909. The van der Waals surface area contributed by atoms with E-state index in [1.807, 2.05) is 54.6 Å². The van der Waals surface area contributed by atoms with Gasteiger partial charge in [0, 0.05) is 28.9 Å². The van der Waals surface area contributed by atoms with Crippen LogP contribution >= 0.6 is 11.6 Å². The Kier molecular flexibility index (Phi) is 4.55. The zero-order valence-corrected chi connectivity index (χ0v) is 15.1. The summed E-state index contributed by atoms with van der Waals surface area (Å²) < 4.78 is 0. The van der Waals surface area contributed by atoms with E-state index in [0.29, 0.717) is 5.02 Å². The molecule has 26 heavy (non-hydrogen) atoms. The molecule has 0 saturated carbocycles. The van der Waals surface area contributed by atoms with Crippen molar-refractivity contribution in [3.05, 3.63) is 101 Å². The Labute approximate surface area is 158 Å². The molecule has 0 aliphatic carbocycles. The second kappa shape index (κ2) is 7.14. The number of hydrogen-bond donors (Lipinski definition) is 1. The zero-order valence-electron chi connectivity index (χ0n) is 14.4. The van der Waals surface area contributed by atoms with Gasteiger partial charge in [0.1, 0.15) is 11.9 Å². The van der Waals surface area contributed by atoms with Crippen LogP contribution in [0.1, 0.15) is 22.7 Å². The van der Waals surface area contributed by atoms with E-state index in [0.717, 1.165) is 33.9 Å². The summed E-state index contributed by atoms with van der Waals surface area (Å²) in [6.45, 7) is 0. The van der Waals surface area contributed by atoms with E-state index in [1.165, 1.54) is 0 Å². The van der Waals surface area contributed by atoms with E-state index in [1.54, 1.807) is 7.05 Å². The second-order valence-corrected chi connectivity index (χ2v) is 6.52. The van der Waals surface area contributed by atoms with E-state index in [-0.39, 0.29) is 6.04 Å². The van der Waals surface area contributed by atoms with E-state index in [9.17, 15) is 0 Å². The van der Waals surface area contributed by atoms with Crippen molar-refractivity contribution in [2.75, 3.05) is 12.4 Å². The fourth-order valence-electron chi connectivity index (χ4n) is 3.16. The molecule has 1 aliphatic rings. The van der Waals surface area contributed by atoms with Crippen LogP contribution in [0.25, 0.3) is 0 Å². The predicted octanol–water partition coefficient (Wildman–Crippen LogP) is 5.37. The van der Waals surface area contributed by atoms with Crippen molar-refractivity contribution >= 4 is 28.8 Å². The number of nitrogens with zero attached hydrogens (tertiary/aromatic N) is 2. The van der Waals surface area contributed by atoms with Gasteiger partial charge < -0.3 is 5.32 Å². The van der Waals surface area contributed by atoms with Gasteiger partial charge in [-0.1, -0.05) is 72.3 Å². The Morgan fingerprint density at radius 3 is 2.31 bits per heavy atom. The van der Waals surface area contributed by atoms with Crippen molar-refractivity contribution in [3.8, 4) is 0 Å².